The number of aromatic nitrogens is 2. The van der Waals surface area contributed by atoms with Gasteiger partial charge in [0.2, 0.25) is 5.95 Å². The van der Waals surface area contributed by atoms with Gasteiger partial charge in [-0.05, 0) is 55.5 Å². The Hall–Kier alpha value is -2.77. The molecule has 9 heteroatoms. The highest BCUT2D eigenvalue weighted by atomic mass is 35.5. The van der Waals surface area contributed by atoms with Crippen molar-refractivity contribution in [3.63, 3.8) is 0 Å². The number of para-hydroxylation sites is 1. The van der Waals surface area contributed by atoms with E-state index >= 15 is 0 Å². The molecule has 1 aliphatic carbocycles. The fraction of sp³-hybridized carbons (Fsp3) is 0.375. The molecule has 1 aliphatic rings. The number of halogens is 2. The second-order valence-electron chi connectivity index (χ2n) is 8.55. The smallest absolute Gasteiger partial charge is 0.315 e. The van der Waals surface area contributed by atoms with E-state index < -0.39 is 0 Å². The van der Waals surface area contributed by atoms with Gasteiger partial charge < -0.3 is 20.9 Å². The van der Waals surface area contributed by atoms with Crippen molar-refractivity contribution >= 4 is 51.9 Å². The van der Waals surface area contributed by atoms with Crippen molar-refractivity contribution in [3.05, 3.63) is 58.1 Å². The highest BCUT2D eigenvalue weighted by Crippen LogP contribution is 2.26. The molecule has 0 unspecified atom stereocenters. The van der Waals surface area contributed by atoms with Crippen molar-refractivity contribution in [2.24, 2.45) is 0 Å². The van der Waals surface area contributed by atoms with Gasteiger partial charge >= 0.3 is 6.03 Å². The van der Waals surface area contributed by atoms with E-state index in [0.717, 1.165) is 48.0 Å². The number of anilines is 2. The summed E-state index contributed by atoms with van der Waals surface area (Å²) in [6, 6.07) is 13.6. The Morgan fingerprint density at radius 2 is 1.73 bits per heavy atom. The fourth-order valence-electron chi connectivity index (χ4n) is 4.10. The van der Waals surface area contributed by atoms with Crippen molar-refractivity contribution in [2.75, 3.05) is 24.3 Å². The van der Waals surface area contributed by atoms with Crippen LogP contribution < -0.4 is 20.9 Å². The first-order valence-electron chi connectivity index (χ1n) is 11.1. The SMILES string of the molecule is CN(C)c1nc(N[C@H]2CC[C@@H](NC(=O)NCc3ccc(Cl)c(Cl)c3)CC2)nc2ccccc12. The first kappa shape index (κ1) is 23.4. The summed E-state index contributed by atoms with van der Waals surface area (Å²) in [5.74, 6) is 1.55. The second-order valence-corrected chi connectivity index (χ2v) is 9.37. The molecule has 2 amide bonds. The molecule has 1 aromatic heterocycles. The average Bonchev–Trinajstić information content (AvgIpc) is 2.80. The summed E-state index contributed by atoms with van der Waals surface area (Å²) >= 11 is 12.0. The molecular formula is C24H28Cl2N6O. The molecule has 33 heavy (non-hydrogen) atoms. The number of benzene rings is 2. The van der Waals surface area contributed by atoms with E-state index in [1.165, 1.54) is 0 Å². The van der Waals surface area contributed by atoms with Gasteiger partial charge in [0, 0.05) is 38.1 Å². The number of rotatable bonds is 6. The molecule has 0 bridgehead atoms. The largest absolute Gasteiger partial charge is 0.362 e. The Kier molecular flexibility index (Phi) is 7.40. The molecule has 0 saturated heterocycles. The number of hydrogen-bond donors (Lipinski definition) is 3. The van der Waals surface area contributed by atoms with Gasteiger partial charge in [-0.25, -0.2) is 9.78 Å². The number of hydrogen-bond acceptors (Lipinski definition) is 5. The Bertz CT molecular complexity index is 1130. The lowest BCUT2D eigenvalue weighted by Gasteiger charge is -2.30. The van der Waals surface area contributed by atoms with Gasteiger partial charge in [0.15, 0.2) is 0 Å². The van der Waals surface area contributed by atoms with E-state index in [9.17, 15) is 4.79 Å². The Morgan fingerprint density at radius 1 is 1.00 bits per heavy atom. The topological polar surface area (TPSA) is 82.2 Å². The zero-order chi connectivity index (χ0) is 23.4. The van der Waals surface area contributed by atoms with Gasteiger partial charge in [-0.1, -0.05) is 41.4 Å². The molecule has 1 heterocycles. The summed E-state index contributed by atoms with van der Waals surface area (Å²) in [6.07, 6.45) is 3.66. The first-order valence-corrected chi connectivity index (χ1v) is 11.8. The third-order valence-corrected chi connectivity index (χ3v) is 6.58. The lowest BCUT2D eigenvalue weighted by atomic mass is 9.91. The molecule has 1 fully saturated rings. The van der Waals surface area contributed by atoms with Crippen molar-refractivity contribution in [3.8, 4) is 0 Å². The molecule has 0 radical (unpaired) electrons. The number of carbonyl (C=O) groups is 1. The van der Waals surface area contributed by atoms with Gasteiger partial charge in [0.25, 0.3) is 0 Å². The maximum Gasteiger partial charge on any atom is 0.315 e. The summed E-state index contributed by atoms with van der Waals surface area (Å²) in [5, 5.41) is 11.5. The van der Waals surface area contributed by atoms with Crippen LogP contribution in [0.3, 0.4) is 0 Å². The van der Waals surface area contributed by atoms with Crippen molar-refractivity contribution in [2.45, 2.75) is 44.3 Å². The second kappa shape index (κ2) is 10.4. The molecule has 3 aromatic rings. The van der Waals surface area contributed by atoms with Crippen molar-refractivity contribution in [1.29, 1.82) is 0 Å². The summed E-state index contributed by atoms with van der Waals surface area (Å²) in [6.45, 7) is 0.396. The quantitative estimate of drug-likeness (QED) is 0.444. The minimum Gasteiger partial charge on any atom is -0.362 e. The Balaban J connectivity index is 1.27. The normalized spacial score (nSPS) is 18.1. The van der Waals surface area contributed by atoms with Crippen LogP contribution >= 0.6 is 23.2 Å². The molecule has 1 saturated carbocycles. The number of urea groups is 1. The van der Waals surface area contributed by atoms with Crippen molar-refractivity contribution < 1.29 is 4.79 Å². The van der Waals surface area contributed by atoms with Crippen LogP contribution in [0.2, 0.25) is 10.0 Å². The lowest BCUT2D eigenvalue weighted by Crippen LogP contribution is -2.44. The molecular weight excluding hydrogens is 459 g/mol. The number of fused-ring (bicyclic) bond motifs is 1. The van der Waals surface area contributed by atoms with Crippen LogP contribution in [0.1, 0.15) is 31.2 Å². The van der Waals surface area contributed by atoms with Gasteiger partial charge in [-0.3, -0.25) is 0 Å². The number of carbonyl (C=O) groups excluding carboxylic acids is 1. The Morgan fingerprint density at radius 3 is 2.45 bits per heavy atom. The predicted molar refractivity (Wildman–Crippen MR) is 135 cm³/mol. The fourth-order valence-corrected chi connectivity index (χ4v) is 4.42. The summed E-state index contributed by atoms with van der Waals surface area (Å²) in [5.41, 5.74) is 1.83. The highest BCUT2D eigenvalue weighted by molar-refractivity contribution is 6.42. The Labute approximate surface area is 203 Å². The first-order chi connectivity index (χ1) is 15.9. The standard InChI is InChI=1S/C24H28Cl2N6O/c1-32(2)22-18-5-3-4-6-21(18)30-23(31-22)28-16-8-10-17(11-9-16)29-24(33)27-14-15-7-12-19(25)20(26)13-15/h3-7,12-13,16-17H,8-11,14H2,1-2H3,(H2,27,29,33)(H,28,30,31)/t16-,17+. The molecule has 3 N–H and O–H groups in total. The summed E-state index contributed by atoms with van der Waals surface area (Å²) in [7, 11) is 3.98. The van der Waals surface area contributed by atoms with Crippen LogP contribution in [0, 0.1) is 0 Å². The van der Waals surface area contributed by atoms with Gasteiger partial charge in [0.05, 0.1) is 15.6 Å². The number of nitrogens with one attached hydrogen (secondary N) is 3. The maximum atomic E-state index is 12.3. The van der Waals surface area contributed by atoms with Gasteiger partial charge in [-0.15, -0.1) is 0 Å². The monoisotopic (exact) mass is 486 g/mol. The van der Waals surface area contributed by atoms with E-state index in [-0.39, 0.29) is 18.1 Å². The maximum absolute atomic E-state index is 12.3. The van der Waals surface area contributed by atoms with E-state index in [1.807, 2.05) is 49.3 Å². The molecule has 0 atom stereocenters. The lowest BCUT2D eigenvalue weighted by molar-refractivity contribution is 0.231. The van der Waals surface area contributed by atoms with E-state index in [2.05, 4.69) is 16.0 Å². The van der Waals surface area contributed by atoms with E-state index in [1.54, 1.807) is 12.1 Å². The summed E-state index contributed by atoms with van der Waals surface area (Å²) in [4.78, 5) is 23.8. The minimum atomic E-state index is -0.175. The van der Waals surface area contributed by atoms with Crippen LogP contribution in [0.4, 0.5) is 16.6 Å². The van der Waals surface area contributed by atoms with Crippen LogP contribution in [0.5, 0.6) is 0 Å². The number of amides is 2. The molecule has 7 nitrogen and oxygen atoms in total. The predicted octanol–water partition coefficient (Wildman–Crippen LogP) is 5.23. The van der Waals surface area contributed by atoms with Crippen LogP contribution in [-0.4, -0.2) is 42.2 Å². The minimum absolute atomic E-state index is 0.145. The van der Waals surface area contributed by atoms with Gasteiger partial charge in [0.1, 0.15) is 5.82 Å². The molecule has 2 aromatic carbocycles. The molecule has 0 aliphatic heterocycles. The molecule has 174 valence electrons. The zero-order valence-electron chi connectivity index (χ0n) is 18.7. The van der Waals surface area contributed by atoms with Gasteiger partial charge in [-0.2, -0.15) is 4.98 Å². The van der Waals surface area contributed by atoms with E-state index in [4.69, 9.17) is 33.2 Å². The average molecular weight is 487 g/mol. The zero-order valence-corrected chi connectivity index (χ0v) is 20.2. The highest BCUT2D eigenvalue weighted by Gasteiger charge is 2.23. The molecule has 4 rings (SSSR count). The number of nitrogens with zero attached hydrogens (tertiary/aromatic N) is 3. The van der Waals surface area contributed by atoms with Crippen molar-refractivity contribution in [1.82, 2.24) is 20.6 Å². The van der Waals surface area contributed by atoms with Crippen LogP contribution in [-0.2, 0) is 6.54 Å². The van der Waals surface area contributed by atoms with E-state index in [0.29, 0.717) is 22.5 Å². The molecule has 0 spiro atoms. The third kappa shape index (κ3) is 5.97. The van der Waals surface area contributed by atoms with Crippen LogP contribution in [0.25, 0.3) is 10.9 Å². The third-order valence-electron chi connectivity index (χ3n) is 5.84. The van der Waals surface area contributed by atoms with Crippen LogP contribution in [0.15, 0.2) is 42.5 Å². The summed E-state index contributed by atoms with van der Waals surface area (Å²) < 4.78 is 0.